The molecule has 0 aliphatic carbocycles. The highest BCUT2D eigenvalue weighted by Crippen LogP contribution is 2.30. The molecule has 1 aliphatic rings. The van der Waals surface area contributed by atoms with Crippen LogP contribution in [0.3, 0.4) is 0 Å². The van der Waals surface area contributed by atoms with Crippen molar-refractivity contribution in [3.05, 3.63) is 59.4 Å². The molecule has 13 nitrogen and oxygen atoms in total. The van der Waals surface area contributed by atoms with E-state index in [1.165, 1.54) is 46.6 Å². The molecular weight excluding hydrogens is 574 g/mol. The summed E-state index contributed by atoms with van der Waals surface area (Å²) < 4.78 is 35.5. The zero-order valence-corrected chi connectivity index (χ0v) is 24.4. The number of aliphatic hydroxyl groups excluding tert-OH is 1. The van der Waals surface area contributed by atoms with E-state index in [2.05, 4.69) is 20.8 Å². The van der Waals surface area contributed by atoms with Crippen molar-refractivity contribution in [3.8, 4) is 5.75 Å². The van der Waals surface area contributed by atoms with Crippen LogP contribution < -0.4 is 10.1 Å². The van der Waals surface area contributed by atoms with Gasteiger partial charge in [-0.15, -0.1) is 5.10 Å². The van der Waals surface area contributed by atoms with Crippen LogP contribution in [0, 0.1) is 5.92 Å². The van der Waals surface area contributed by atoms with Crippen molar-refractivity contribution in [2.75, 3.05) is 32.1 Å². The number of nitrogens with zero attached hydrogens (tertiary/aromatic N) is 6. The van der Waals surface area contributed by atoms with Crippen LogP contribution in [0.1, 0.15) is 19.4 Å². The van der Waals surface area contributed by atoms with Gasteiger partial charge in [-0.3, -0.25) is 9.59 Å². The number of carbonyl (C=O) groups excluding carboxylic acids is 2. The molecule has 2 amide bonds. The van der Waals surface area contributed by atoms with Gasteiger partial charge in [-0.2, -0.15) is 4.31 Å². The van der Waals surface area contributed by atoms with Crippen LogP contribution in [0.15, 0.2) is 53.7 Å². The quantitative estimate of drug-likeness (QED) is 0.368. The molecule has 4 rings (SSSR count). The van der Waals surface area contributed by atoms with E-state index in [1.54, 1.807) is 30.0 Å². The lowest BCUT2D eigenvalue weighted by Gasteiger charge is -2.33. The number of aliphatic hydroxyl groups is 1. The summed E-state index contributed by atoms with van der Waals surface area (Å²) in [6.45, 7) is 3.50. The summed E-state index contributed by atoms with van der Waals surface area (Å²) in [6.07, 6.45) is 0.619. The third-order valence-electron chi connectivity index (χ3n) is 6.86. The van der Waals surface area contributed by atoms with E-state index >= 15 is 0 Å². The Hall–Kier alpha value is -3.59. The number of rotatable bonds is 9. The number of aromatic nitrogens is 4. The van der Waals surface area contributed by atoms with Crippen molar-refractivity contribution in [2.24, 2.45) is 5.92 Å². The first kappa shape index (κ1) is 30.4. The van der Waals surface area contributed by atoms with Crippen molar-refractivity contribution < 1.29 is 27.9 Å². The number of anilines is 1. The Labute approximate surface area is 243 Å². The molecule has 0 fully saturated rings. The van der Waals surface area contributed by atoms with Crippen LogP contribution in [-0.4, -0.2) is 93.6 Å². The summed E-state index contributed by atoms with van der Waals surface area (Å²) in [5, 5.41) is 23.7. The minimum atomic E-state index is -3.86. The van der Waals surface area contributed by atoms with Gasteiger partial charge in [-0.05, 0) is 59.8 Å². The second-order valence-corrected chi connectivity index (χ2v) is 12.5. The van der Waals surface area contributed by atoms with Crippen LogP contribution in [0.4, 0.5) is 5.69 Å². The van der Waals surface area contributed by atoms with Crippen LogP contribution >= 0.6 is 11.6 Å². The highest BCUT2D eigenvalue weighted by atomic mass is 35.5. The summed E-state index contributed by atoms with van der Waals surface area (Å²) in [6, 6.07) is 10.4. The minimum Gasteiger partial charge on any atom is -0.488 e. The molecule has 41 heavy (non-hydrogen) atoms. The summed E-state index contributed by atoms with van der Waals surface area (Å²) in [4.78, 5) is 27.6. The van der Waals surface area contributed by atoms with Gasteiger partial charge in [-0.25, -0.2) is 13.1 Å². The molecule has 3 atom stereocenters. The number of halogens is 1. The molecule has 3 aromatic rings. The van der Waals surface area contributed by atoms with Crippen molar-refractivity contribution >= 4 is 39.1 Å². The number of carbonyl (C=O) groups is 2. The largest absolute Gasteiger partial charge is 0.488 e. The van der Waals surface area contributed by atoms with E-state index in [0.29, 0.717) is 22.0 Å². The van der Waals surface area contributed by atoms with Gasteiger partial charge in [0.15, 0.2) is 0 Å². The fourth-order valence-electron chi connectivity index (χ4n) is 4.46. The van der Waals surface area contributed by atoms with Gasteiger partial charge in [0, 0.05) is 35.8 Å². The molecule has 1 aliphatic heterocycles. The smallest absolute Gasteiger partial charge is 0.246 e. The Morgan fingerprint density at radius 2 is 2.00 bits per heavy atom. The second-order valence-electron chi connectivity index (χ2n) is 10.0. The van der Waals surface area contributed by atoms with Gasteiger partial charge in [-0.1, -0.05) is 18.5 Å². The van der Waals surface area contributed by atoms with Crippen molar-refractivity contribution in [1.29, 1.82) is 0 Å². The first-order valence-electron chi connectivity index (χ1n) is 12.9. The van der Waals surface area contributed by atoms with Crippen LogP contribution in [0.5, 0.6) is 5.75 Å². The third-order valence-corrected chi connectivity index (χ3v) is 8.95. The van der Waals surface area contributed by atoms with E-state index < -0.39 is 22.2 Å². The topological polar surface area (TPSA) is 160 Å². The van der Waals surface area contributed by atoms with E-state index in [4.69, 9.17) is 16.3 Å². The van der Waals surface area contributed by atoms with Crippen LogP contribution in [-0.2, 0) is 32.6 Å². The predicted molar refractivity (Wildman–Crippen MR) is 150 cm³/mol. The number of tetrazole rings is 1. The molecule has 220 valence electrons. The van der Waals surface area contributed by atoms with Gasteiger partial charge in [0.2, 0.25) is 21.8 Å². The molecule has 15 heteroatoms. The molecular formula is C26H32ClN7O6S. The molecule has 0 saturated carbocycles. The SMILES string of the molecule is C[C@H](CO)N1C[C@H](C)[C@@H](CN(C)S(=O)(=O)c2ccc(Cl)cc2)Oc2ccc(NC(=O)Cn3cnnn3)cc2CC1=O. The van der Waals surface area contributed by atoms with Crippen molar-refractivity contribution in [2.45, 2.75) is 43.9 Å². The summed E-state index contributed by atoms with van der Waals surface area (Å²) in [5.74, 6) is -0.520. The third kappa shape index (κ3) is 7.38. The zero-order valence-electron chi connectivity index (χ0n) is 22.8. The monoisotopic (exact) mass is 605 g/mol. The molecule has 2 aromatic carbocycles. The first-order valence-corrected chi connectivity index (χ1v) is 14.7. The highest BCUT2D eigenvalue weighted by molar-refractivity contribution is 7.89. The Morgan fingerprint density at radius 3 is 2.66 bits per heavy atom. The average molecular weight is 606 g/mol. The number of sulfonamides is 1. The van der Waals surface area contributed by atoms with Gasteiger partial charge in [0.05, 0.1) is 30.5 Å². The van der Waals surface area contributed by atoms with Crippen molar-refractivity contribution in [1.82, 2.24) is 29.4 Å². The lowest BCUT2D eigenvalue weighted by Crippen LogP contribution is -2.48. The number of ether oxygens (including phenoxy) is 1. The zero-order chi connectivity index (χ0) is 29.7. The Morgan fingerprint density at radius 1 is 1.27 bits per heavy atom. The van der Waals surface area contributed by atoms with Crippen LogP contribution in [0.2, 0.25) is 5.02 Å². The molecule has 2 heterocycles. The molecule has 0 saturated heterocycles. The molecule has 0 radical (unpaired) electrons. The molecule has 1 aromatic heterocycles. The summed E-state index contributed by atoms with van der Waals surface area (Å²) >= 11 is 5.94. The van der Waals surface area contributed by atoms with Crippen molar-refractivity contribution in [3.63, 3.8) is 0 Å². The van der Waals surface area contributed by atoms with E-state index in [0.717, 1.165) is 0 Å². The van der Waals surface area contributed by atoms with Gasteiger partial charge >= 0.3 is 0 Å². The number of hydrogen-bond donors (Lipinski definition) is 2. The molecule has 2 N–H and O–H groups in total. The maximum atomic E-state index is 13.4. The summed E-state index contributed by atoms with van der Waals surface area (Å²) in [7, 11) is -2.39. The lowest BCUT2D eigenvalue weighted by atomic mass is 10.0. The standard InChI is InChI=1S/C26H32ClN7O6S/c1-17-12-34(18(2)15-35)26(37)11-19-10-21(29-25(36)14-33-16-28-30-31-33)6-9-23(19)40-24(17)13-32(3)41(38,39)22-7-4-20(27)5-8-22/h4-10,16-18,24,35H,11-15H2,1-3H3,(H,29,36)/t17-,18+,24+/m0/s1. The maximum absolute atomic E-state index is 13.4. The van der Waals surface area contributed by atoms with E-state index in [9.17, 15) is 23.1 Å². The molecule has 0 spiro atoms. The average Bonchev–Trinajstić information content (AvgIpc) is 3.45. The maximum Gasteiger partial charge on any atom is 0.246 e. The number of fused-ring (bicyclic) bond motifs is 1. The Kier molecular flexibility index (Phi) is 9.58. The van der Waals surface area contributed by atoms with Crippen LogP contribution in [0.25, 0.3) is 0 Å². The van der Waals surface area contributed by atoms with Gasteiger partial charge in [0.1, 0.15) is 24.7 Å². The Balaban J connectivity index is 1.62. The second kappa shape index (κ2) is 12.9. The normalized spacial score (nSPS) is 18.6. The number of benzene rings is 2. The fourth-order valence-corrected chi connectivity index (χ4v) is 5.77. The van der Waals surface area contributed by atoms with E-state index in [1.807, 2.05) is 6.92 Å². The molecule has 0 unspecified atom stereocenters. The predicted octanol–water partition coefficient (Wildman–Crippen LogP) is 1.43. The molecule has 0 bridgehead atoms. The van der Waals surface area contributed by atoms with Gasteiger partial charge < -0.3 is 20.1 Å². The highest BCUT2D eigenvalue weighted by Gasteiger charge is 2.33. The fraction of sp³-hybridized carbons (Fsp3) is 0.423. The van der Waals surface area contributed by atoms with Gasteiger partial charge in [0.25, 0.3) is 0 Å². The first-order chi connectivity index (χ1) is 19.5. The number of nitrogens with one attached hydrogen (secondary N) is 1. The summed E-state index contributed by atoms with van der Waals surface area (Å²) in [5.41, 5.74) is 0.943. The Bertz CT molecular complexity index is 1470. The minimum absolute atomic E-state index is 0.00840. The number of likely N-dealkylation sites (N-methyl/N-ethyl adjacent to an activating group) is 1. The van der Waals surface area contributed by atoms with E-state index in [-0.39, 0.29) is 55.3 Å². The number of amides is 2. The number of hydrogen-bond acceptors (Lipinski definition) is 9. The lowest BCUT2D eigenvalue weighted by molar-refractivity contribution is -0.134.